The summed E-state index contributed by atoms with van der Waals surface area (Å²) in [7, 11) is 0. The van der Waals surface area contributed by atoms with Crippen molar-refractivity contribution >= 4 is 11.6 Å². The molecule has 5 heteroatoms. The number of para-hydroxylation sites is 1. The number of aryl methyl sites for hydroxylation is 1. The summed E-state index contributed by atoms with van der Waals surface area (Å²) in [5.41, 5.74) is 2.75. The van der Waals surface area contributed by atoms with Crippen LogP contribution in [0.1, 0.15) is 38.2 Å². The van der Waals surface area contributed by atoms with E-state index in [2.05, 4.69) is 57.7 Å². The summed E-state index contributed by atoms with van der Waals surface area (Å²) in [6.07, 6.45) is 4.48. The zero-order valence-electron chi connectivity index (χ0n) is 18.4. The van der Waals surface area contributed by atoms with Crippen LogP contribution in [0.5, 0.6) is 0 Å². The van der Waals surface area contributed by atoms with Gasteiger partial charge in [-0.3, -0.25) is 9.69 Å². The number of carbonyl (C=O) groups is 1. The van der Waals surface area contributed by atoms with Gasteiger partial charge in [-0.25, -0.2) is 0 Å². The molecule has 1 atom stereocenters. The summed E-state index contributed by atoms with van der Waals surface area (Å²) in [6, 6.07) is 9.26. The van der Waals surface area contributed by atoms with E-state index in [1.165, 1.54) is 17.7 Å². The van der Waals surface area contributed by atoms with E-state index in [0.29, 0.717) is 11.9 Å². The van der Waals surface area contributed by atoms with Crippen LogP contribution in [-0.4, -0.2) is 85.6 Å². The van der Waals surface area contributed by atoms with Gasteiger partial charge < -0.3 is 14.7 Å². The lowest BCUT2D eigenvalue weighted by Gasteiger charge is -2.45. The number of rotatable bonds is 4. The molecule has 0 aliphatic carbocycles. The van der Waals surface area contributed by atoms with E-state index in [1.54, 1.807) is 0 Å². The van der Waals surface area contributed by atoms with Crippen molar-refractivity contribution in [2.45, 2.75) is 45.6 Å². The van der Waals surface area contributed by atoms with Crippen molar-refractivity contribution in [3.63, 3.8) is 0 Å². The Morgan fingerprint density at radius 1 is 0.966 bits per heavy atom. The average molecular weight is 399 g/mol. The van der Waals surface area contributed by atoms with Crippen molar-refractivity contribution < 1.29 is 4.79 Å². The second kappa shape index (κ2) is 9.48. The zero-order chi connectivity index (χ0) is 20.2. The molecule has 3 fully saturated rings. The molecule has 3 heterocycles. The van der Waals surface area contributed by atoms with Crippen molar-refractivity contribution in [2.24, 2.45) is 5.92 Å². The Bertz CT molecular complexity index is 677. The molecule has 0 radical (unpaired) electrons. The molecule has 3 saturated heterocycles. The largest absolute Gasteiger partial charge is 0.369 e. The van der Waals surface area contributed by atoms with Gasteiger partial charge in [0.2, 0.25) is 5.91 Å². The molecule has 1 amide bonds. The monoisotopic (exact) mass is 398 g/mol. The molecule has 29 heavy (non-hydrogen) atoms. The van der Waals surface area contributed by atoms with Gasteiger partial charge in [-0.15, -0.1) is 0 Å². The highest BCUT2D eigenvalue weighted by atomic mass is 16.2. The topological polar surface area (TPSA) is 30.0 Å². The molecule has 4 rings (SSSR count). The van der Waals surface area contributed by atoms with Crippen molar-refractivity contribution in [1.29, 1.82) is 0 Å². The van der Waals surface area contributed by atoms with Crippen LogP contribution in [0.15, 0.2) is 24.3 Å². The molecular weight excluding hydrogens is 360 g/mol. The molecule has 1 aromatic carbocycles. The van der Waals surface area contributed by atoms with Crippen molar-refractivity contribution in [3.05, 3.63) is 29.8 Å². The maximum atomic E-state index is 13.1. The van der Waals surface area contributed by atoms with Gasteiger partial charge in [0.25, 0.3) is 0 Å². The van der Waals surface area contributed by atoms with Crippen LogP contribution in [0.3, 0.4) is 0 Å². The van der Waals surface area contributed by atoms with Crippen molar-refractivity contribution in [2.75, 3.05) is 63.8 Å². The van der Waals surface area contributed by atoms with E-state index >= 15 is 0 Å². The van der Waals surface area contributed by atoms with E-state index in [4.69, 9.17) is 0 Å². The lowest BCUT2D eigenvalue weighted by Crippen LogP contribution is -2.56. The fraction of sp³-hybridized carbons (Fsp3) is 0.708. The summed E-state index contributed by atoms with van der Waals surface area (Å²) >= 11 is 0. The van der Waals surface area contributed by atoms with Gasteiger partial charge in [-0.05, 0) is 63.9 Å². The van der Waals surface area contributed by atoms with Gasteiger partial charge in [-0.1, -0.05) is 25.1 Å². The Labute approximate surface area is 176 Å². The fourth-order valence-corrected chi connectivity index (χ4v) is 5.45. The highest BCUT2D eigenvalue weighted by molar-refractivity contribution is 5.79. The van der Waals surface area contributed by atoms with Crippen LogP contribution in [-0.2, 0) is 4.79 Å². The first-order chi connectivity index (χ1) is 14.2. The third-order valence-electron chi connectivity index (χ3n) is 7.38. The van der Waals surface area contributed by atoms with Gasteiger partial charge in [0, 0.05) is 56.9 Å². The number of anilines is 1. The molecule has 0 bridgehead atoms. The number of piperidine rings is 2. The van der Waals surface area contributed by atoms with Gasteiger partial charge in [0.15, 0.2) is 0 Å². The third-order valence-corrected chi connectivity index (χ3v) is 7.38. The molecule has 0 spiro atoms. The average Bonchev–Trinajstić information content (AvgIpc) is 2.79. The van der Waals surface area contributed by atoms with E-state index in [0.717, 1.165) is 78.2 Å². The Morgan fingerprint density at radius 2 is 1.69 bits per heavy atom. The number of likely N-dealkylation sites (tertiary alicyclic amines) is 2. The molecule has 1 aromatic rings. The SMILES string of the molecule is CCN1CCC(C(=O)N2CCC[C@@H](N3CCN(c4ccccc4C)CC3)C2)CC1. The summed E-state index contributed by atoms with van der Waals surface area (Å²) < 4.78 is 0. The standard InChI is InChI=1S/C24H38N4O/c1-3-25-13-10-21(11-14-25)24(29)28-12-6-8-22(19-28)26-15-17-27(18-16-26)23-9-5-4-7-20(23)2/h4-5,7,9,21-22H,3,6,8,10-19H2,1-2H3/t22-/m1/s1. The number of carbonyl (C=O) groups excluding carboxylic acids is 1. The molecule has 3 aliphatic heterocycles. The zero-order valence-corrected chi connectivity index (χ0v) is 18.4. The molecule has 0 saturated carbocycles. The third kappa shape index (κ3) is 4.77. The number of nitrogens with zero attached hydrogens (tertiary/aromatic N) is 4. The molecular formula is C24H38N4O. The van der Waals surface area contributed by atoms with Crippen LogP contribution in [0.2, 0.25) is 0 Å². The molecule has 5 nitrogen and oxygen atoms in total. The second-order valence-corrected chi connectivity index (χ2v) is 9.10. The Hall–Kier alpha value is -1.59. The smallest absolute Gasteiger partial charge is 0.225 e. The summed E-state index contributed by atoms with van der Waals surface area (Å²) in [5.74, 6) is 0.693. The number of amides is 1. The minimum Gasteiger partial charge on any atom is -0.369 e. The molecule has 0 aromatic heterocycles. The second-order valence-electron chi connectivity index (χ2n) is 9.10. The normalized spacial score (nSPS) is 25.4. The number of benzene rings is 1. The van der Waals surface area contributed by atoms with Gasteiger partial charge in [0.05, 0.1) is 0 Å². The van der Waals surface area contributed by atoms with Crippen LogP contribution in [0, 0.1) is 12.8 Å². The van der Waals surface area contributed by atoms with Gasteiger partial charge >= 0.3 is 0 Å². The van der Waals surface area contributed by atoms with Crippen LogP contribution in [0.25, 0.3) is 0 Å². The minimum absolute atomic E-state index is 0.259. The lowest BCUT2D eigenvalue weighted by molar-refractivity contribution is -0.139. The Kier molecular flexibility index (Phi) is 6.76. The molecule has 3 aliphatic rings. The molecule has 160 valence electrons. The maximum Gasteiger partial charge on any atom is 0.225 e. The molecule has 0 N–H and O–H groups in total. The molecule has 0 unspecified atom stereocenters. The van der Waals surface area contributed by atoms with Crippen LogP contribution < -0.4 is 4.90 Å². The quantitative estimate of drug-likeness (QED) is 0.780. The maximum absolute atomic E-state index is 13.1. The first-order valence-electron chi connectivity index (χ1n) is 11.7. The fourth-order valence-electron chi connectivity index (χ4n) is 5.45. The highest BCUT2D eigenvalue weighted by Crippen LogP contribution is 2.25. The van der Waals surface area contributed by atoms with Crippen molar-refractivity contribution in [1.82, 2.24) is 14.7 Å². The highest BCUT2D eigenvalue weighted by Gasteiger charge is 2.33. The van der Waals surface area contributed by atoms with Gasteiger partial charge in [0.1, 0.15) is 0 Å². The Morgan fingerprint density at radius 3 is 2.38 bits per heavy atom. The summed E-state index contributed by atoms with van der Waals surface area (Å²) in [4.78, 5) is 23.0. The van der Waals surface area contributed by atoms with E-state index < -0.39 is 0 Å². The first kappa shape index (κ1) is 20.7. The summed E-state index contributed by atoms with van der Waals surface area (Å²) in [5, 5.41) is 0. The van der Waals surface area contributed by atoms with Crippen LogP contribution in [0.4, 0.5) is 5.69 Å². The number of hydrogen-bond donors (Lipinski definition) is 0. The van der Waals surface area contributed by atoms with E-state index in [9.17, 15) is 4.79 Å². The van der Waals surface area contributed by atoms with Crippen molar-refractivity contribution in [3.8, 4) is 0 Å². The predicted molar refractivity (Wildman–Crippen MR) is 119 cm³/mol. The lowest BCUT2D eigenvalue weighted by atomic mass is 9.93. The number of hydrogen-bond acceptors (Lipinski definition) is 4. The summed E-state index contributed by atoms with van der Waals surface area (Å²) in [6.45, 7) is 14.0. The first-order valence-corrected chi connectivity index (χ1v) is 11.7. The number of piperazine rings is 1. The minimum atomic E-state index is 0.259. The Balaban J connectivity index is 1.29. The van der Waals surface area contributed by atoms with E-state index in [-0.39, 0.29) is 5.92 Å². The van der Waals surface area contributed by atoms with Gasteiger partial charge in [-0.2, -0.15) is 0 Å². The van der Waals surface area contributed by atoms with Crippen LogP contribution >= 0.6 is 0 Å². The predicted octanol–water partition coefficient (Wildman–Crippen LogP) is 2.84. The van der Waals surface area contributed by atoms with E-state index in [1.807, 2.05) is 0 Å².